The van der Waals surface area contributed by atoms with Crippen molar-refractivity contribution >= 4 is 0 Å². The van der Waals surface area contributed by atoms with Crippen LogP contribution in [0.2, 0.25) is 0 Å². The van der Waals surface area contributed by atoms with Crippen molar-refractivity contribution in [3.8, 4) is 0 Å². The Hall–Kier alpha value is -1.08. The summed E-state index contributed by atoms with van der Waals surface area (Å²) >= 11 is 0. The van der Waals surface area contributed by atoms with Gasteiger partial charge in [0.2, 0.25) is 5.79 Å². The van der Waals surface area contributed by atoms with Crippen molar-refractivity contribution < 1.29 is 28.5 Å². The highest BCUT2D eigenvalue weighted by Gasteiger charge is 2.68. The molecular weight excluding hydrogens is 282 g/mol. The lowest BCUT2D eigenvalue weighted by Crippen LogP contribution is -2.70. The van der Waals surface area contributed by atoms with Crippen LogP contribution in [0.4, 0.5) is 8.78 Å². The van der Waals surface area contributed by atoms with E-state index in [2.05, 4.69) is 0 Å². The molecule has 0 saturated carbocycles. The number of ether oxygens (including phenoxy) is 2. The van der Waals surface area contributed by atoms with Crippen molar-refractivity contribution in [3.05, 3.63) is 35.9 Å². The third kappa shape index (κ3) is 2.46. The lowest BCUT2D eigenvalue weighted by atomic mass is 9.82. The highest BCUT2D eigenvalue weighted by Crippen LogP contribution is 2.48. The molecule has 0 aliphatic carbocycles. The molecule has 0 spiro atoms. The van der Waals surface area contributed by atoms with E-state index in [9.17, 15) is 19.0 Å². The summed E-state index contributed by atoms with van der Waals surface area (Å²) in [6.45, 7) is -0.0546. The summed E-state index contributed by atoms with van der Waals surface area (Å²) in [6, 6.07) is 8.87. The van der Waals surface area contributed by atoms with Gasteiger partial charge in [0.1, 0.15) is 6.10 Å². The van der Waals surface area contributed by atoms with Gasteiger partial charge in [-0.3, -0.25) is 0 Å². The Morgan fingerprint density at radius 2 is 2.00 bits per heavy atom. The zero-order valence-corrected chi connectivity index (χ0v) is 11.4. The minimum Gasteiger partial charge on any atom is -0.387 e. The minimum atomic E-state index is -3.65. The van der Waals surface area contributed by atoms with Crippen LogP contribution in [0.15, 0.2) is 30.3 Å². The number of hydrogen-bond donors (Lipinski definition) is 2. The Morgan fingerprint density at radius 3 is 2.71 bits per heavy atom. The fraction of sp³-hybridized carbons (Fsp3) is 0.600. The van der Waals surface area contributed by atoms with Crippen molar-refractivity contribution in [3.63, 3.8) is 0 Å². The summed E-state index contributed by atoms with van der Waals surface area (Å²) in [4.78, 5) is 0. The van der Waals surface area contributed by atoms with E-state index < -0.39 is 30.0 Å². The summed E-state index contributed by atoms with van der Waals surface area (Å²) in [5.74, 6) is -6.20. The topological polar surface area (TPSA) is 58.9 Å². The Bertz CT molecular complexity index is 496. The summed E-state index contributed by atoms with van der Waals surface area (Å²) in [5.41, 5.74) is 0.726. The van der Waals surface area contributed by atoms with Crippen molar-refractivity contribution in [2.45, 2.75) is 55.9 Å². The molecule has 1 aromatic rings. The van der Waals surface area contributed by atoms with E-state index in [0.29, 0.717) is 12.8 Å². The highest BCUT2D eigenvalue weighted by atomic mass is 19.3. The van der Waals surface area contributed by atoms with Crippen LogP contribution in [0.1, 0.15) is 24.8 Å². The fourth-order valence-corrected chi connectivity index (χ4v) is 2.99. The van der Waals surface area contributed by atoms with Gasteiger partial charge in [-0.05, 0) is 18.4 Å². The molecule has 4 nitrogen and oxygen atoms in total. The van der Waals surface area contributed by atoms with Gasteiger partial charge in [0.25, 0.3) is 0 Å². The molecule has 2 fully saturated rings. The Kier molecular flexibility index (Phi) is 3.73. The molecule has 0 radical (unpaired) electrons. The van der Waals surface area contributed by atoms with Gasteiger partial charge in [0.05, 0.1) is 12.7 Å². The van der Waals surface area contributed by atoms with Crippen LogP contribution >= 0.6 is 0 Å². The zero-order valence-electron chi connectivity index (χ0n) is 11.4. The van der Waals surface area contributed by atoms with Gasteiger partial charge in [-0.15, -0.1) is 0 Å². The summed E-state index contributed by atoms with van der Waals surface area (Å²) in [6.07, 6.45) is -3.38. The number of halogens is 2. The molecule has 0 aromatic heterocycles. The summed E-state index contributed by atoms with van der Waals surface area (Å²) < 4.78 is 39.1. The molecule has 3 rings (SSSR count). The number of aliphatic hydroxyl groups excluding tert-OH is 1. The second-order valence-corrected chi connectivity index (χ2v) is 5.66. The normalized spacial score (nSPS) is 38.2. The van der Waals surface area contributed by atoms with Crippen molar-refractivity contribution in [2.24, 2.45) is 0 Å². The van der Waals surface area contributed by atoms with E-state index in [4.69, 9.17) is 9.47 Å². The Labute approximate surface area is 121 Å². The highest BCUT2D eigenvalue weighted by molar-refractivity contribution is 5.14. The van der Waals surface area contributed by atoms with Gasteiger partial charge in [-0.2, -0.15) is 8.78 Å². The monoisotopic (exact) mass is 300 g/mol. The van der Waals surface area contributed by atoms with Gasteiger partial charge >= 0.3 is 5.92 Å². The first-order valence-electron chi connectivity index (χ1n) is 7.06. The molecule has 2 saturated heterocycles. The minimum absolute atomic E-state index is 0.0546. The van der Waals surface area contributed by atoms with Crippen LogP contribution in [0.3, 0.4) is 0 Å². The van der Waals surface area contributed by atoms with E-state index in [-0.39, 0.29) is 13.0 Å². The predicted octanol–water partition coefficient (Wildman–Crippen LogP) is 1.84. The maximum Gasteiger partial charge on any atom is 0.328 e. The Balaban J connectivity index is 1.79. The molecule has 2 aliphatic heterocycles. The molecule has 116 valence electrons. The molecule has 4 atom stereocenters. The molecule has 1 aromatic carbocycles. The van der Waals surface area contributed by atoms with E-state index in [0.717, 1.165) is 5.56 Å². The molecule has 21 heavy (non-hydrogen) atoms. The molecule has 2 N–H and O–H groups in total. The van der Waals surface area contributed by atoms with Gasteiger partial charge in [-0.1, -0.05) is 30.3 Å². The third-order valence-electron chi connectivity index (χ3n) is 4.19. The molecule has 0 unspecified atom stereocenters. The first-order valence-corrected chi connectivity index (χ1v) is 7.06. The van der Waals surface area contributed by atoms with E-state index >= 15 is 0 Å². The molecule has 0 amide bonds. The smallest absolute Gasteiger partial charge is 0.328 e. The number of aliphatic hydroxyl groups is 2. The quantitative estimate of drug-likeness (QED) is 0.894. The van der Waals surface area contributed by atoms with Crippen LogP contribution in [0, 0.1) is 0 Å². The standard InChI is InChI=1S/C15H18F2O4/c16-15(17)13(20-9-10-5-2-1-3-6-10)12(18)11-7-4-8-14(15,19)21-11/h1-3,5-6,11-13,18-19H,4,7-9H2/t11-,12-,13-,14+/m0/s1. The van der Waals surface area contributed by atoms with Gasteiger partial charge in [0, 0.05) is 6.42 Å². The first kappa shape index (κ1) is 14.8. The maximum atomic E-state index is 14.4. The van der Waals surface area contributed by atoms with E-state index in [1.54, 1.807) is 24.3 Å². The molecule has 6 heteroatoms. The maximum absolute atomic E-state index is 14.4. The second-order valence-electron chi connectivity index (χ2n) is 5.66. The van der Waals surface area contributed by atoms with Crippen LogP contribution in [-0.2, 0) is 16.1 Å². The Morgan fingerprint density at radius 1 is 1.29 bits per heavy atom. The van der Waals surface area contributed by atoms with Crippen molar-refractivity contribution in [2.75, 3.05) is 0 Å². The first-order chi connectivity index (χ1) is 9.94. The van der Waals surface area contributed by atoms with Gasteiger partial charge in [-0.25, -0.2) is 0 Å². The number of alkyl halides is 2. The predicted molar refractivity (Wildman–Crippen MR) is 69.6 cm³/mol. The number of fused-ring (bicyclic) bond motifs is 2. The van der Waals surface area contributed by atoms with Crippen LogP contribution < -0.4 is 0 Å². The van der Waals surface area contributed by atoms with Crippen LogP contribution in [0.5, 0.6) is 0 Å². The van der Waals surface area contributed by atoms with Crippen LogP contribution in [-0.4, -0.2) is 40.2 Å². The average Bonchev–Trinajstić information content (AvgIpc) is 2.47. The van der Waals surface area contributed by atoms with E-state index in [1.807, 2.05) is 6.07 Å². The number of rotatable bonds is 3. The van der Waals surface area contributed by atoms with Gasteiger partial charge < -0.3 is 19.7 Å². The SMILES string of the molecule is O[C@H]1[C@@H]2CCC[C@@](O)(O2)C(F)(F)[C@H]1OCc1ccccc1. The fourth-order valence-electron chi connectivity index (χ4n) is 2.99. The molecule has 2 heterocycles. The number of hydrogen-bond acceptors (Lipinski definition) is 4. The van der Waals surface area contributed by atoms with E-state index in [1.165, 1.54) is 0 Å². The third-order valence-corrected chi connectivity index (χ3v) is 4.19. The summed E-state index contributed by atoms with van der Waals surface area (Å²) in [5, 5.41) is 20.1. The molecule has 2 aliphatic rings. The average molecular weight is 300 g/mol. The van der Waals surface area contributed by atoms with Crippen molar-refractivity contribution in [1.82, 2.24) is 0 Å². The number of benzene rings is 1. The van der Waals surface area contributed by atoms with Crippen molar-refractivity contribution in [1.29, 1.82) is 0 Å². The summed E-state index contributed by atoms with van der Waals surface area (Å²) in [7, 11) is 0. The molecular formula is C15H18F2O4. The second kappa shape index (κ2) is 5.28. The van der Waals surface area contributed by atoms with Gasteiger partial charge in [0.15, 0.2) is 6.10 Å². The molecule has 2 bridgehead atoms. The largest absolute Gasteiger partial charge is 0.387 e. The van der Waals surface area contributed by atoms with Crippen LogP contribution in [0.25, 0.3) is 0 Å². The lowest BCUT2D eigenvalue weighted by Gasteiger charge is -2.51. The zero-order chi connectivity index (χ0) is 15.1. The lowest BCUT2D eigenvalue weighted by molar-refractivity contribution is -0.420.